The highest BCUT2D eigenvalue weighted by molar-refractivity contribution is 8.00. The van der Waals surface area contributed by atoms with Crippen LogP contribution in [-0.2, 0) is 0 Å². The molecule has 2 heterocycles. The third-order valence-electron chi connectivity index (χ3n) is 5.27. The molecule has 1 amide bonds. The molecule has 1 aliphatic rings. The molecule has 1 aromatic heterocycles. The van der Waals surface area contributed by atoms with Crippen molar-refractivity contribution in [2.45, 2.75) is 35.6 Å². The monoisotopic (exact) mass is 422 g/mol. The molecular formula is C23H26N4O2S. The Hall–Kier alpha value is -2.77. The number of hydrogen-bond donors (Lipinski definition) is 3. The number of pyridine rings is 1. The first kappa shape index (κ1) is 20.5. The summed E-state index contributed by atoms with van der Waals surface area (Å²) in [4.78, 5) is 18.8. The third-order valence-corrected chi connectivity index (χ3v) is 6.65. The van der Waals surface area contributed by atoms with Gasteiger partial charge in [-0.1, -0.05) is 48.5 Å². The highest BCUT2D eigenvalue weighted by Crippen LogP contribution is 2.43. The van der Waals surface area contributed by atoms with Crippen molar-refractivity contribution in [3.63, 3.8) is 0 Å². The lowest BCUT2D eigenvalue weighted by molar-refractivity contribution is 0.0932. The van der Waals surface area contributed by atoms with Gasteiger partial charge in [0.1, 0.15) is 5.75 Å². The maximum absolute atomic E-state index is 13.0. The van der Waals surface area contributed by atoms with Crippen molar-refractivity contribution in [1.82, 2.24) is 10.3 Å². The lowest BCUT2D eigenvalue weighted by atomic mass is 10.1. The average molecular weight is 423 g/mol. The highest BCUT2D eigenvalue weighted by Gasteiger charge is 2.32. The quantitative estimate of drug-likeness (QED) is 0.475. The third kappa shape index (κ3) is 4.22. The van der Waals surface area contributed by atoms with Crippen LogP contribution in [0.25, 0.3) is 10.9 Å². The Bertz CT molecular complexity index is 1040. The van der Waals surface area contributed by atoms with E-state index in [9.17, 15) is 4.79 Å². The molecule has 0 saturated heterocycles. The van der Waals surface area contributed by atoms with E-state index in [0.717, 1.165) is 35.9 Å². The SMILES string of the molecule is COc1ccccc1C(=O)N[C@@H](CCCCN)C1Nc2cnc3ccccc3c2S1. The average Bonchev–Trinajstić information content (AvgIpc) is 3.23. The Balaban J connectivity index is 1.56. The van der Waals surface area contributed by atoms with Gasteiger partial charge in [-0.15, -0.1) is 0 Å². The molecule has 7 heteroatoms. The molecule has 0 saturated carbocycles. The number of fused-ring (bicyclic) bond motifs is 3. The van der Waals surface area contributed by atoms with E-state index < -0.39 is 0 Å². The van der Waals surface area contributed by atoms with Crippen molar-refractivity contribution in [2.24, 2.45) is 5.73 Å². The second-order valence-corrected chi connectivity index (χ2v) is 8.42. The van der Waals surface area contributed by atoms with Crippen LogP contribution in [0.15, 0.2) is 59.6 Å². The number of benzene rings is 2. The minimum absolute atomic E-state index is 0.0176. The topological polar surface area (TPSA) is 89.3 Å². The number of carbonyl (C=O) groups is 1. The van der Waals surface area contributed by atoms with Gasteiger partial charge in [0.2, 0.25) is 0 Å². The summed E-state index contributed by atoms with van der Waals surface area (Å²) in [5.41, 5.74) is 8.22. The smallest absolute Gasteiger partial charge is 0.255 e. The second kappa shape index (κ2) is 9.36. The molecular weight excluding hydrogens is 396 g/mol. The van der Waals surface area contributed by atoms with Gasteiger partial charge in [-0.25, -0.2) is 0 Å². The van der Waals surface area contributed by atoms with Crippen molar-refractivity contribution in [2.75, 3.05) is 19.0 Å². The highest BCUT2D eigenvalue weighted by atomic mass is 32.2. The van der Waals surface area contributed by atoms with Gasteiger partial charge in [0.15, 0.2) is 0 Å². The molecule has 0 bridgehead atoms. The predicted octanol–water partition coefficient (Wildman–Crippen LogP) is 4.01. The molecule has 30 heavy (non-hydrogen) atoms. The Labute approximate surface area is 180 Å². The van der Waals surface area contributed by atoms with Gasteiger partial charge in [0.25, 0.3) is 5.91 Å². The first-order valence-corrected chi connectivity index (χ1v) is 11.0. The summed E-state index contributed by atoms with van der Waals surface area (Å²) >= 11 is 1.75. The van der Waals surface area contributed by atoms with Crippen LogP contribution in [0, 0.1) is 0 Å². The molecule has 0 radical (unpaired) electrons. The van der Waals surface area contributed by atoms with Crippen LogP contribution in [0.2, 0.25) is 0 Å². The molecule has 6 nitrogen and oxygen atoms in total. The number of unbranched alkanes of at least 4 members (excludes halogenated alkanes) is 1. The summed E-state index contributed by atoms with van der Waals surface area (Å²) in [7, 11) is 1.58. The molecule has 3 aromatic rings. The number of aromatic nitrogens is 1. The Kier molecular flexibility index (Phi) is 6.40. The fourth-order valence-corrected chi connectivity index (χ4v) is 5.07. The van der Waals surface area contributed by atoms with Crippen LogP contribution in [-0.4, -0.2) is 36.0 Å². The number of anilines is 1. The molecule has 4 rings (SSSR count). The molecule has 0 aliphatic carbocycles. The molecule has 0 spiro atoms. The number of nitrogens with one attached hydrogen (secondary N) is 2. The number of hydrogen-bond acceptors (Lipinski definition) is 6. The van der Waals surface area contributed by atoms with Crippen molar-refractivity contribution in [3.8, 4) is 5.75 Å². The minimum atomic E-state index is -0.133. The van der Waals surface area contributed by atoms with E-state index in [1.807, 2.05) is 36.5 Å². The summed E-state index contributed by atoms with van der Waals surface area (Å²) in [5.74, 6) is 0.438. The van der Waals surface area contributed by atoms with Crippen LogP contribution in [0.5, 0.6) is 5.75 Å². The predicted molar refractivity (Wildman–Crippen MR) is 122 cm³/mol. The number of methoxy groups -OCH3 is 1. The zero-order chi connectivity index (χ0) is 20.9. The van der Waals surface area contributed by atoms with Gasteiger partial charge < -0.3 is 21.1 Å². The molecule has 4 N–H and O–H groups in total. The van der Waals surface area contributed by atoms with E-state index in [1.54, 1.807) is 31.0 Å². The summed E-state index contributed by atoms with van der Waals surface area (Å²) in [5, 5.41) is 7.94. The number of nitrogens with zero attached hydrogens (tertiary/aromatic N) is 1. The van der Waals surface area contributed by atoms with Gasteiger partial charge >= 0.3 is 0 Å². The molecule has 156 valence electrons. The number of ether oxygens (including phenoxy) is 1. The van der Waals surface area contributed by atoms with E-state index >= 15 is 0 Å². The summed E-state index contributed by atoms with van der Waals surface area (Å²) in [6.45, 7) is 0.646. The maximum atomic E-state index is 13.0. The van der Waals surface area contributed by atoms with Crippen LogP contribution < -0.4 is 21.1 Å². The van der Waals surface area contributed by atoms with E-state index in [1.165, 1.54) is 4.90 Å². The number of carbonyl (C=O) groups excluding carboxylic acids is 1. The first-order valence-electron chi connectivity index (χ1n) is 10.2. The number of nitrogens with two attached hydrogens (primary N) is 1. The minimum Gasteiger partial charge on any atom is -0.496 e. The van der Waals surface area contributed by atoms with Gasteiger partial charge in [0, 0.05) is 10.3 Å². The lowest BCUT2D eigenvalue weighted by Crippen LogP contribution is -2.44. The van der Waals surface area contributed by atoms with E-state index in [0.29, 0.717) is 17.9 Å². The van der Waals surface area contributed by atoms with Crippen LogP contribution in [0.3, 0.4) is 0 Å². The molecule has 1 aliphatic heterocycles. The van der Waals surface area contributed by atoms with Crippen LogP contribution >= 0.6 is 11.8 Å². The lowest BCUT2D eigenvalue weighted by Gasteiger charge is -2.25. The van der Waals surface area contributed by atoms with Gasteiger partial charge in [-0.05, 0) is 37.6 Å². The largest absolute Gasteiger partial charge is 0.496 e. The van der Waals surface area contributed by atoms with E-state index in [-0.39, 0.29) is 17.3 Å². The number of amides is 1. The summed E-state index contributed by atoms with van der Waals surface area (Å²) in [6, 6.07) is 15.4. The van der Waals surface area contributed by atoms with E-state index in [4.69, 9.17) is 10.5 Å². The molecule has 1 unspecified atom stereocenters. The van der Waals surface area contributed by atoms with Crippen LogP contribution in [0.4, 0.5) is 5.69 Å². The van der Waals surface area contributed by atoms with Crippen molar-refractivity contribution in [1.29, 1.82) is 0 Å². The van der Waals surface area contributed by atoms with Gasteiger partial charge in [0.05, 0.1) is 41.5 Å². The Morgan fingerprint density at radius 1 is 1.23 bits per heavy atom. The zero-order valence-electron chi connectivity index (χ0n) is 16.9. The van der Waals surface area contributed by atoms with Crippen LogP contribution in [0.1, 0.15) is 29.6 Å². The fraction of sp³-hybridized carbons (Fsp3) is 0.304. The van der Waals surface area contributed by atoms with Gasteiger partial charge in [-0.3, -0.25) is 9.78 Å². The van der Waals surface area contributed by atoms with E-state index in [2.05, 4.69) is 21.7 Å². The molecule has 2 atom stereocenters. The summed E-state index contributed by atoms with van der Waals surface area (Å²) < 4.78 is 5.36. The molecule has 0 fully saturated rings. The van der Waals surface area contributed by atoms with Crippen molar-refractivity contribution >= 4 is 34.3 Å². The standard InChI is InChI=1S/C23H26N4O2S/c1-29-20-12-5-3-9-16(20)22(28)26-18(11-6-7-13-24)23-27-19-14-25-17-10-4-2-8-15(17)21(19)30-23/h2-5,8-10,12,14,18,23,27H,6-7,11,13,24H2,1H3,(H,26,28)/t18-,23?/m0/s1. The fourth-order valence-electron chi connectivity index (χ4n) is 3.72. The summed E-state index contributed by atoms with van der Waals surface area (Å²) in [6.07, 6.45) is 4.59. The maximum Gasteiger partial charge on any atom is 0.255 e. The zero-order valence-corrected chi connectivity index (χ0v) is 17.7. The second-order valence-electron chi connectivity index (χ2n) is 7.27. The Morgan fingerprint density at radius 2 is 2.03 bits per heavy atom. The number of para-hydroxylation sites is 2. The normalized spacial score (nSPS) is 16.0. The Morgan fingerprint density at radius 3 is 2.87 bits per heavy atom. The first-order chi connectivity index (χ1) is 14.7. The number of thioether (sulfide) groups is 1. The number of rotatable bonds is 8. The van der Waals surface area contributed by atoms with Crippen molar-refractivity contribution in [3.05, 3.63) is 60.3 Å². The van der Waals surface area contributed by atoms with Gasteiger partial charge in [-0.2, -0.15) is 0 Å². The van der Waals surface area contributed by atoms with Crippen molar-refractivity contribution < 1.29 is 9.53 Å². The molecule has 2 aromatic carbocycles.